The predicted molar refractivity (Wildman–Crippen MR) is 73.4 cm³/mol. The summed E-state index contributed by atoms with van der Waals surface area (Å²) < 4.78 is 120. The topological polar surface area (TPSA) is 267 Å². The Kier molecular flexibility index (Phi) is 18.2. The number of hydrogen-bond acceptors (Lipinski definition) is 15. The molecule has 0 spiro atoms. The van der Waals surface area contributed by atoms with Gasteiger partial charge in [-0.05, 0) is 5.53 Å². The molecule has 0 bridgehead atoms. The standard InChI is InChI=1S/C7H13N3O14S3.3Na/c1-20-7-6(24-27(17,18)19)5(23-26(14,15)16)4(22-25(11,12)13)3(21-7)2-9-10-8;;;/h3-7H,2H2,1H3,(H,11,12,13)(H,14,15,16)(H,17,18,19);;;/q;3*+1/p-3/t3-,4-,5+,6+,7+;;;/m1.../s1. The Hall–Kier alpha value is 1.84. The number of nitrogens with zero attached hydrogens (tertiary/aromatic N) is 3. The van der Waals surface area contributed by atoms with Crippen molar-refractivity contribution in [3.63, 3.8) is 0 Å². The molecule has 30 heavy (non-hydrogen) atoms. The van der Waals surface area contributed by atoms with Crippen LogP contribution in [0, 0.1) is 0 Å². The second-order valence-electron chi connectivity index (χ2n) is 4.60. The molecular weight excluding hydrogens is 515 g/mol. The molecule has 0 aliphatic carbocycles. The maximum absolute atomic E-state index is 10.9. The molecule has 0 aromatic heterocycles. The molecule has 1 fully saturated rings. The SMILES string of the molecule is CO[C@H]1O[C@H](CN=[N+]=[N-])[C@@H](OS(=O)(=O)[O-])[C@H](OS(=O)(=O)[O-])[C@@H]1OS(=O)(=O)[O-].[Na+].[Na+].[Na+]. The largest absolute Gasteiger partial charge is 1.00 e. The summed E-state index contributed by atoms with van der Waals surface area (Å²) in [6.07, 6.45) is -11.0. The normalized spacial score (nSPS) is 26.9. The first-order valence-electron chi connectivity index (χ1n) is 6.28. The Morgan fingerprint density at radius 1 is 0.867 bits per heavy atom. The summed E-state index contributed by atoms with van der Waals surface area (Å²) in [4.78, 5) is 2.31. The number of methoxy groups -OCH3 is 1. The second-order valence-corrected chi connectivity index (χ2v) is 7.63. The molecule has 0 N–H and O–H groups in total. The van der Waals surface area contributed by atoms with E-state index in [2.05, 4.69) is 27.3 Å². The summed E-state index contributed by atoms with van der Waals surface area (Å²) in [5, 5.41) is 2.99. The third kappa shape index (κ3) is 13.5. The van der Waals surface area contributed by atoms with E-state index in [4.69, 9.17) is 10.3 Å². The molecule has 1 aliphatic heterocycles. The van der Waals surface area contributed by atoms with Crippen molar-refractivity contribution in [2.45, 2.75) is 30.7 Å². The molecule has 1 aliphatic rings. The summed E-state index contributed by atoms with van der Waals surface area (Å²) in [6.45, 7) is -0.813. The minimum Gasteiger partial charge on any atom is -0.726 e. The summed E-state index contributed by atoms with van der Waals surface area (Å²) >= 11 is 0. The van der Waals surface area contributed by atoms with Gasteiger partial charge in [-0.1, -0.05) is 5.11 Å². The van der Waals surface area contributed by atoms with Gasteiger partial charge in [-0.25, -0.2) is 25.3 Å². The van der Waals surface area contributed by atoms with Gasteiger partial charge in [0.25, 0.3) is 0 Å². The first kappa shape index (κ1) is 36.4. The van der Waals surface area contributed by atoms with E-state index in [1.807, 2.05) is 0 Å². The molecule has 1 heterocycles. The Balaban J connectivity index is -0.00000243. The Bertz CT molecular complexity index is 891. The van der Waals surface area contributed by atoms with E-state index >= 15 is 0 Å². The van der Waals surface area contributed by atoms with Crippen molar-refractivity contribution in [1.29, 1.82) is 0 Å². The predicted octanol–water partition coefficient (Wildman–Crippen LogP) is -11.8. The number of rotatable bonds is 9. The number of azide groups is 1. The van der Waals surface area contributed by atoms with E-state index in [1.54, 1.807) is 0 Å². The number of hydrogen-bond donors (Lipinski definition) is 0. The smallest absolute Gasteiger partial charge is 0.726 e. The Morgan fingerprint density at radius 3 is 1.63 bits per heavy atom. The van der Waals surface area contributed by atoms with Crippen molar-refractivity contribution in [2.75, 3.05) is 13.7 Å². The average Bonchev–Trinajstić information content (AvgIpc) is 2.45. The summed E-state index contributed by atoms with van der Waals surface area (Å²) in [7, 11) is -16.1. The van der Waals surface area contributed by atoms with Crippen LogP contribution in [0.1, 0.15) is 0 Å². The maximum Gasteiger partial charge on any atom is 1.00 e. The van der Waals surface area contributed by atoms with Crippen molar-refractivity contribution < 1.29 is 150 Å². The molecule has 0 aromatic rings. The Labute approximate surface area is 237 Å². The second kappa shape index (κ2) is 15.0. The minimum atomic E-state index is -5.69. The van der Waals surface area contributed by atoms with Crippen molar-refractivity contribution >= 4 is 31.2 Å². The van der Waals surface area contributed by atoms with Gasteiger partial charge in [0.15, 0.2) is 12.4 Å². The van der Waals surface area contributed by atoms with Crippen LogP contribution in [0.2, 0.25) is 0 Å². The fourth-order valence-electron chi connectivity index (χ4n) is 2.07. The zero-order chi connectivity index (χ0) is 21.0. The van der Waals surface area contributed by atoms with Crippen LogP contribution in [-0.4, -0.2) is 83.3 Å². The summed E-state index contributed by atoms with van der Waals surface area (Å²) in [5.74, 6) is 0. The maximum atomic E-state index is 10.9. The van der Waals surface area contributed by atoms with E-state index in [1.165, 1.54) is 0 Å². The van der Waals surface area contributed by atoms with Gasteiger partial charge in [-0.3, -0.25) is 12.5 Å². The monoisotopic (exact) mass is 525 g/mol. The van der Waals surface area contributed by atoms with E-state index in [0.29, 0.717) is 0 Å². The van der Waals surface area contributed by atoms with Crippen molar-refractivity contribution in [3.05, 3.63) is 10.4 Å². The van der Waals surface area contributed by atoms with Crippen LogP contribution in [0.15, 0.2) is 5.11 Å². The third-order valence-corrected chi connectivity index (χ3v) is 4.21. The molecule has 0 unspecified atom stereocenters. The number of ether oxygens (including phenoxy) is 2. The van der Waals surface area contributed by atoms with E-state index in [0.717, 1.165) is 7.11 Å². The van der Waals surface area contributed by atoms with Crippen molar-refractivity contribution in [3.8, 4) is 0 Å². The molecule has 0 saturated carbocycles. The first-order valence-corrected chi connectivity index (χ1v) is 10.3. The summed E-state index contributed by atoms with van der Waals surface area (Å²) in [6, 6.07) is 0. The van der Waals surface area contributed by atoms with Gasteiger partial charge >= 0.3 is 88.7 Å². The minimum absolute atomic E-state index is 0. The molecule has 0 amide bonds. The van der Waals surface area contributed by atoms with E-state index < -0.39 is 68.4 Å². The van der Waals surface area contributed by atoms with Crippen molar-refractivity contribution in [1.82, 2.24) is 0 Å². The van der Waals surface area contributed by atoms with Crippen LogP contribution in [0.3, 0.4) is 0 Å². The fraction of sp³-hybridized carbons (Fsp3) is 1.00. The van der Waals surface area contributed by atoms with Crippen LogP contribution in [-0.2, 0) is 53.2 Å². The van der Waals surface area contributed by atoms with Gasteiger partial charge in [0.1, 0.15) is 12.2 Å². The van der Waals surface area contributed by atoms with Crippen LogP contribution >= 0.6 is 0 Å². The molecule has 158 valence electrons. The molecule has 17 nitrogen and oxygen atoms in total. The van der Waals surface area contributed by atoms with Gasteiger partial charge in [0, 0.05) is 12.0 Å². The fourth-order valence-corrected chi connectivity index (χ4v) is 3.54. The van der Waals surface area contributed by atoms with Crippen LogP contribution in [0.5, 0.6) is 0 Å². The third-order valence-electron chi connectivity index (χ3n) is 2.84. The van der Waals surface area contributed by atoms with Crippen molar-refractivity contribution in [2.24, 2.45) is 5.11 Å². The molecule has 0 aromatic carbocycles. The molecule has 1 saturated heterocycles. The molecule has 23 heteroatoms. The molecule has 0 radical (unpaired) electrons. The van der Waals surface area contributed by atoms with Gasteiger partial charge < -0.3 is 23.1 Å². The van der Waals surface area contributed by atoms with Crippen LogP contribution < -0.4 is 88.7 Å². The Morgan fingerprint density at radius 2 is 1.27 bits per heavy atom. The van der Waals surface area contributed by atoms with E-state index in [-0.39, 0.29) is 88.7 Å². The summed E-state index contributed by atoms with van der Waals surface area (Å²) in [5.41, 5.74) is 8.32. The average molecular weight is 525 g/mol. The molecule has 5 atom stereocenters. The van der Waals surface area contributed by atoms with Gasteiger partial charge in [0.2, 0.25) is 31.2 Å². The van der Waals surface area contributed by atoms with Crippen LogP contribution in [0.25, 0.3) is 10.4 Å². The van der Waals surface area contributed by atoms with Gasteiger partial charge in [0.05, 0.1) is 12.6 Å². The van der Waals surface area contributed by atoms with Gasteiger partial charge in [-0.15, -0.1) is 0 Å². The van der Waals surface area contributed by atoms with Crippen LogP contribution in [0.4, 0.5) is 0 Å². The molecular formula is C7H10N3Na3O14S3. The zero-order valence-corrected chi connectivity index (χ0v) is 24.3. The molecule has 1 rings (SSSR count). The first-order chi connectivity index (χ1) is 12.2. The van der Waals surface area contributed by atoms with E-state index in [9.17, 15) is 38.9 Å². The van der Waals surface area contributed by atoms with Gasteiger partial charge in [-0.2, -0.15) is 0 Å². The quantitative estimate of drug-likeness (QED) is 0.0675. The zero-order valence-electron chi connectivity index (χ0n) is 15.9.